The van der Waals surface area contributed by atoms with Crippen molar-refractivity contribution in [1.29, 1.82) is 0 Å². The minimum absolute atomic E-state index is 0.0207. The number of hydrogen-bond acceptors (Lipinski definition) is 4. The summed E-state index contributed by atoms with van der Waals surface area (Å²) in [5, 5.41) is 29.7. The third-order valence-electron chi connectivity index (χ3n) is 4.82. The summed E-state index contributed by atoms with van der Waals surface area (Å²) in [6.45, 7) is 2.56. The van der Waals surface area contributed by atoms with Gasteiger partial charge in [0.2, 0.25) is 0 Å². The van der Waals surface area contributed by atoms with Crippen LogP contribution in [0.1, 0.15) is 42.4 Å². The van der Waals surface area contributed by atoms with Gasteiger partial charge >= 0.3 is 5.97 Å². The molecule has 0 spiro atoms. The van der Waals surface area contributed by atoms with Gasteiger partial charge < -0.3 is 19.9 Å². The molecule has 156 valence electrons. The van der Waals surface area contributed by atoms with Crippen molar-refractivity contribution in [2.24, 2.45) is 0 Å². The highest BCUT2D eigenvalue weighted by molar-refractivity contribution is 6.31. The van der Waals surface area contributed by atoms with Crippen molar-refractivity contribution in [3.05, 3.63) is 76.3 Å². The molecule has 1 aromatic heterocycles. The number of halogens is 1. The molecule has 0 aliphatic carbocycles. The van der Waals surface area contributed by atoms with Crippen molar-refractivity contribution < 1.29 is 20.1 Å². The van der Waals surface area contributed by atoms with Crippen LogP contribution in [0.15, 0.2) is 48.7 Å². The average Bonchev–Trinajstić information content (AvgIpc) is 3.09. The van der Waals surface area contributed by atoms with Crippen LogP contribution in [0.4, 0.5) is 0 Å². The van der Waals surface area contributed by atoms with Gasteiger partial charge in [0.25, 0.3) is 0 Å². The molecule has 0 aliphatic heterocycles. The molecule has 3 N–H and O–H groups in total. The SMILES string of the molecule is CCCCc1ncc(/C=C(/C(=O)O)c2ccc(O)c(O)c2)n1Cc1ccccc1Cl. The van der Waals surface area contributed by atoms with Gasteiger partial charge in [-0.05, 0) is 41.8 Å². The van der Waals surface area contributed by atoms with Crippen molar-refractivity contribution in [3.63, 3.8) is 0 Å². The molecule has 0 saturated carbocycles. The number of benzene rings is 2. The van der Waals surface area contributed by atoms with Gasteiger partial charge in [0.1, 0.15) is 5.82 Å². The zero-order chi connectivity index (χ0) is 21.7. The molecule has 6 nitrogen and oxygen atoms in total. The van der Waals surface area contributed by atoms with Gasteiger partial charge in [0, 0.05) is 11.4 Å². The Bertz CT molecular complexity index is 1090. The molecule has 30 heavy (non-hydrogen) atoms. The number of phenols is 2. The highest BCUT2D eigenvalue weighted by Crippen LogP contribution is 2.30. The summed E-state index contributed by atoms with van der Waals surface area (Å²) < 4.78 is 1.96. The minimum Gasteiger partial charge on any atom is -0.504 e. The predicted octanol–water partition coefficient (Wildman–Crippen LogP) is 4.96. The summed E-state index contributed by atoms with van der Waals surface area (Å²) in [4.78, 5) is 16.5. The number of carboxylic acids is 1. The van der Waals surface area contributed by atoms with Crippen molar-refractivity contribution in [2.45, 2.75) is 32.7 Å². The maximum atomic E-state index is 11.9. The number of aromatic nitrogens is 2. The van der Waals surface area contributed by atoms with Gasteiger partial charge in [-0.2, -0.15) is 0 Å². The Morgan fingerprint density at radius 2 is 1.93 bits per heavy atom. The molecule has 0 unspecified atom stereocenters. The molecule has 2 aromatic carbocycles. The van der Waals surface area contributed by atoms with E-state index in [1.807, 2.05) is 28.8 Å². The van der Waals surface area contributed by atoms with Crippen LogP contribution >= 0.6 is 11.6 Å². The lowest BCUT2D eigenvalue weighted by Gasteiger charge is -2.13. The number of aryl methyl sites for hydroxylation is 1. The number of carboxylic acid groups (broad SMARTS) is 1. The second kappa shape index (κ2) is 9.50. The largest absolute Gasteiger partial charge is 0.504 e. The Morgan fingerprint density at radius 3 is 2.60 bits per heavy atom. The first kappa shape index (κ1) is 21.5. The molecule has 0 amide bonds. The summed E-state index contributed by atoms with van der Waals surface area (Å²) in [6, 6.07) is 11.4. The van der Waals surface area contributed by atoms with Crippen molar-refractivity contribution in [1.82, 2.24) is 9.55 Å². The van der Waals surface area contributed by atoms with E-state index in [-0.39, 0.29) is 22.6 Å². The average molecular weight is 427 g/mol. The van der Waals surface area contributed by atoms with Crippen molar-refractivity contribution in [2.75, 3.05) is 0 Å². The monoisotopic (exact) mass is 426 g/mol. The summed E-state index contributed by atoms with van der Waals surface area (Å²) in [6.07, 6.45) is 5.90. The zero-order valence-electron chi connectivity index (χ0n) is 16.5. The van der Waals surface area contributed by atoms with E-state index in [1.165, 1.54) is 24.3 Å². The second-order valence-corrected chi connectivity index (χ2v) is 7.35. The number of phenolic OH excluding ortho intramolecular Hbond substituents is 2. The topological polar surface area (TPSA) is 95.6 Å². The first-order valence-corrected chi connectivity index (χ1v) is 10.0. The fourth-order valence-corrected chi connectivity index (χ4v) is 3.36. The Morgan fingerprint density at radius 1 is 1.17 bits per heavy atom. The molecule has 1 heterocycles. The number of hydrogen-bond donors (Lipinski definition) is 3. The third-order valence-corrected chi connectivity index (χ3v) is 5.19. The molecule has 0 fully saturated rings. The number of aliphatic carboxylic acids is 1. The fourth-order valence-electron chi connectivity index (χ4n) is 3.17. The van der Waals surface area contributed by atoms with Crippen molar-refractivity contribution >= 4 is 29.2 Å². The lowest BCUT2D eigenvalue weighted by atomic mass is 10.0. The summed E-state index contributed by atoms with van der Waals surface area (Å²) in [5.74, 6) is -0.996. The molecule has 0 saturated heterocycles. The lowest BCUT2D eigenvalue weighted by molar-refractivity contribution is -0.130. The van der Waals surface area contributed by atoms with Crippen LogP contribution in [-0.2, 0) is 17.8 Å². The van der Waals surface area contributed by atoms with Crippen LogP contribution in [0.2, 0.25) is 5.02 Å². The standard InChI is InChI=1S/C23H23ClN2O4/c1-2-3-8-22-25-13-17(26(22)14-16-6-4-5-7-19(16)24)12-18(23(29)30)15-9-10-20(27)21(28)11-15/h4-7,9-13,27-28H,2-3,8,14H2,1H3,(H,29,30)/b18-12+. The molecule has 3 rings (SSSR count). The maximum Gasteiger partial charge on any atom is 0.336 e. The zero-order valence-corrected chi connectivity index (χ0v) is 17.3. The van der Waals surface area contributed by atoms with Crippen LogP contribution in [0, 0.1) is 0 Å². The van der Waals surface area contributed by atoms with Gasteiger partial charge in [-0.3, -0.25) is 0 Å². The Kier molecular flexibility index (Phi) is 6.79. The van der Waals surface area contributed by atoms with Gasteiger partial charge in [-0.15, -0.1) is 0 Å². The summed E-state index contributed by atoms with van der Waals surface area (Å²) >= 11 is 6.34. The van der Waals surface area contributed by atoms with Crippen LogP contribution < -0.4 is 0 Å². The molecule has 0 aliphatic rings. The lowest BCUT2D eigenvalue weighted by Crippen LogP contribution is -2.08. The number of rotatable bonds is 8. The fraction of sp³-hybridized carbons (Fsp3) is 0.217. The molecular formula is C23H23ClN2O4. The normalized spacial score (nSPS) is 11.6. The van der Waals surface area contributed by atoms with Crippen LogP contribution in [0.3, 0.4) is 0 Å². The number of unbranched alkanes of at least 4 members (excludes halogenated alkanes) is 1. The molecule has 0 radical (unpaired) electrons. The Balaban J connectivity index is 2.08. The van der Waals surface area contributed by atoms with E-state index in [4.69, 9.17) is 11.6 Å². The smallest absolute Gasteiger partial charge is 0.336 e. The molecule has 3 aromatic rings. The Hall–Kier alpha value is -3.25. The van der Waals surface area contributed by atoms with E-state index in [1.54, 1.807) is 6.20 Å². The van der Waals surface area contributed by atoms with Crippen LogP contribution in [-0.4, -0.2) is 30.8 Å². The number of aromatic hydroxyl groups is 2. The van der Waals surface area contributed by atoms with E-state index in [9.17, 15) is 20.1 Å². The van der Waals surface area contributed by atoms with Gasteiger partial charge in [0.05, 0.1) is 24.0 Å². The first-order chi connectivity index (χ1) is 14.4. The maximum absolute atomic E-state index is 11.9. The molecule has 0 bridgehead atoms. The van der Waals surface area contributed by atoms with Crippen LogP contribution in [0.5, 0.6) is 11.5 Å². The number of carbonyl (C=O) groups is 1. The first-order valence-electron chi connectivity index (χ1n) is 9.65. The highest BCUT2D eigenvalue weighted by Gasteiger charge is 2.16. The summed E-state index contributed by atoms with van der Waals surface area (Å²) in [5.41, 5.74) is 1.78. The minimum atomic E-state index is -1.15. The molecular weight excluding hydrogens is 404 g/mol. The van der Waals surface area contributed by atoms with Crippen LogP contribution in [0.25, 0.3) is 11.6 Å². The Labute approximate surface area is 179 Å². The number of nitrogens with zero attached hydrogens (tertiary/aromatic N) is 2. The second-order valence-electron chi connectivity index (χ2n) is 6.95. The molecule has 0 atom stereocenters. The van der Waals surface area contributed by atoms with E-state index in [0.717, 1.165) is 30.7 Å². The predicted molar refractivity (Wildman–Crippen MR) is 117 cm³/mol. The third kappa shape index (κ3) is 4.83. The highest BCUT2D eigenvalue weighted by atomic mass is 35.5. The quantitative estimate of drug-likeness (QED) is 0.349. The van der Waals surface area contributed by atoms with E-state index >= 15 is 0 Å². The van der Waals surface area contributed by atoms with E-state index in [0.29, 0.717) is 17.3 Å². The van der Waals surface area contributed by atoms with Gasteiger partial charge in [-0.1, -0.05) is 49.2 Å². The van der Waals surface area contributed by atoms with Gasteiger partial charge in [0.15, 0.2) is 11.5 Å². The van der Waals surface area contributed by atoms with Gasteiger partial charge in [-0.25, -0.2) is 9.78 Å². The van der Waals surface area contributed by atoms with E-state index in [2.05, 4.69) is 11.9 Å². The number of imidazole rings is 1. The molecule has 7 heteroatoms. The van der Waals surface area contributed by atoms with Crippen molar-refractivity contribution in [3.8, 4) is 11.5 Å². The van der Waals surface area contributed by atoms with E-state index < -0.39 is 5.97 Å². The summed E-state index contributed by atoms with van der Waals surface area (Å²) in [7, 11) is 0.